The van der Waals surface area contributed by atoms with Crippen molar-refractivity contribution in [3.05, 3.63) is 101 Å². The Morgan fingerprint density at radius 3 is 2.03 bits per heavy atom. The van der Waals surface area contributed by atoms with Crippen LogP contribution in [-0.4, -0.2) is 50.2 Å². The van der Waals surface area contributed by atoms with Crippen molar-refractivity contribution < 1.29 is 9.53 Å². The molecule has 4 rings (SSSR count). The predicted molar refractivity (Wildman–Crippen MR) is 135 cm³/mol. The molecule has 1 aliphatic heterocycles. The van der Waals surface area contributed by atoms with E-state index in [1.54, 1.807) is 0 Å². The molecule has 0 unspecified atom stereocenters. The summed E-state index contributed by atoms with van der Waals surface area (Å²) in [6.45, 7) is 9.33. The third kappa shape index (κ3) is 5.63. The molecule has 172 valence electrons. The summed E-state index contributed by atoms with van der Waals surface area (Å²) in [6.07, 6.45) is 1.10. The van der Waals surface area contributed by atoms with Gasteiger partial charge >= 0.3 is 5.97 Å². The fourth-order valence-corrected chi connectivity index (χ4v) is 4.82. The minimum atomic E-state index is -0.233. The van der Waals surface area contributed by atoms with Gasteiger partial charge in [0.15, 0.2) is 0 Å². The van der Waals surface area contributed by atoms with Crippen molar-refractivity contribution in [1.29, 1.82) is 0 Å². The standard InChI is InChI=1S/C29H34N2O2/c1-3-33-29(32)26-15-10-16-28(23(26)2)31-21-19-30(20-22-31)18-17-27(24-11-6-4-7-12-24)25-13-8-5-9-14-25/h4-16,27H,3,17-22H2,1-2H3. The Morgan fingerprint density at radius 2 is 1.45 bits per heavy atom. The molecule has 0 saturated carbocycles. The molecule has 1 saturated heterocycles. The molecule has 1 aliphatic rings. The van der Waals surface area contributed by atoms with Crippen LogP contribution < -0.4 is 4.90 Å². The van der Waals surface area contributed by atoms with E-state index in [2.05, 4.69) is 76.5 Å². The van der Waals surface area contributed by atoms with E-state index < -0.39 is 0 Å². The third-order valence-corrected chi connectivity index (χ3v) is 6.65. The molecule has 0 aromatic heterocycles. The maximum absolute atomic E-state index is 12.3. The molecule has 0 spiro atoms. The fourth-order valence-electron chi connectivity index (χ4n) is 4.82. The summed E-state index contributed by atoms with van der Waals surface area (Å²) in [5, 5.41) is 0. The Hall–Kier alpha value is -3.11. The van der Waals surface area contributed by atoms with E-state index in [-0.39, 0.29) is 5.97 Å². The minimum Gasteiger partial charge on any atom is -0.462 e. The van der Waals surface area contributed by atoms with Gasteiger partial charge < -0.3 is 9.64 Å². The Morgan fingerprint density at radius 1 is 0.848 bits per heavy atom. The lowest BCUT2D eigenvalue weighted by Gasteiger charge is -2.37. The van der Waals surface area contributed by atoms with Crippen molar-refractivity contribution in [1.82, 2.24) is 4.90 Å². The number of carbonyl (C=O) groups excluding carboxylic acids is 1. The predicted octanol–water partition coefficient (Wildman–Crippen LogP) is 5.52. The van der Waals surface area contributed by atoms with Gasteiger partial charge in [-0.15, -0.1) is 0 Å². The van der Waals surface area contributed by atoms with Crippen LogP contribution in [0, 0.1) is 6.92 Å². The smallest absolute Gasteiger partial charge is 0.338 e. The van der Waals surface area contributed by atoms with Gasteiger partial charge in [-0.1, -0.05) is 66.7 Å². The first-order chi connectivity index (χ1) is 16.2. The van der Waals surface area contributed by atoms with Crippen molar-refractivity contribution in [2.75, 3.05) is 44.2 Å². The second-order valence-corrected chi connectivity index (χ2v) is 8.66. The van der Waals surface area contributed by atoms with Crippen LogP contribution in [0.3, 0.4) is 0 Å². The second-order valence-electron chi connectivity index (χ2n) is 8.66. The summed E-state index contributed by atoms with van der Waals surface area (Å²) >= 11 is 0. The van der Waals surface area contributed by atoms with Crippen LogP contribution in [0.4, 0.5) is 5.69 Å². The van der Waals surface area contributed by atoms with Gasteiger partial charge in [0, 0.05) is 37.8 Å². The molecule has 4 heteroatoms. The van der Waals surface area contributed by atoms with Crippen molar-refractivity contribution in [3.63, 3.8) is 0 Å². The highest BCUT2D eigenvalue weighted by atomic mass is 16.5. The average Bonchev–Trinajstić information content (AvgIpc) is 2.86. The number of esters is 1. The van der Waals surface area contributed by atoms with Gasteiger partial charge in [-0.05, 0) is 55.6 Å². The molecule has 3 aromatic rings. The number of benzene rings is 3. The molecule has 0 N–H and O–H groups in total. The molecule has 1 heterocycles. The van der Waals surface area contributed by atoms with Gasteiger partial charge in [0.25, 0.3) is 0 Å². The summed E-state index contributed by atoms with van der Waals surface area (Å²) in [4.78, 5) is 17.3. The molecule has 4 nitrogen and oxygen atoms in total. The zero-order valence-electron chi connectivity index (χ0n) is 19.7. The van der Waals surface area contributed by atoms with Crippen LogP contribution >= 0.6 is 0 Å². The van der Waals surface area contributed by atoms with Crippen molar-refractivity contribution in [2.45, 2.75) is 26.2 Å². The minimum absolute atomic E-state index is 0.233. The van der Waals surface area contributed by atoms with Crippen LogP contribution in [0.5, 0.6) is 0 Å². The molecule has 0 amide bonds. The Labute approximate surface area is 197 Å². The van der Waals surface area contributed by atoms with E-state index in [4.69, 9.17) is 4.74 Å². The quantitative estimate of drug-likeness (QED) is 0.430. The van der Waals surface area contributed by atoms with Gasteiger partial charge in [-0.3, -0.25) is 4.90 Å². The van der Waals surface area contributed by atoms with Crippen LogP contribution in [0.15, 0.2) is 78.9 Å². The number of hydrogen-bond donors (Lipinski definition) is 0. The highest BCUT2D eigenvalue weighted by Crippen LogP contribution is 2.29. The van der Waals surface area contributed by atoms with Crippen LogP contribution in [0.2, 0.25) is 0 Å². The van der Waals surface area contributed by atoms with Gasteiger partial charge in [0.2, 0.25) is 0 Å². The number of piperazine rings is 1. The zero-order chi connectivity index (χ0) is 23.0. The van der Waals surface area contributed by atoms with E-state index in [0.29, 0.717) is 18.1 Å². The first-order valence-electron chi connectivity index (χ1n) is 12.0. The molecule has 33 heavy (non-hydrogen) atoms. The zero-order valence-corrected chi connectivity index (χ0v) is 19.7. The number of anilines is 1. The van der Waals surface area contributed by atoms with Gasteiger partial charge in [-0.2, -0.15) is 0 Å². The van der Waals surface area contributed by atoms with E-state index in [1.165, 1.54) is 11.1 Å². The molecule has 0 aliphatic carbocycles. The number of hydrogen-bond acceptors (Lipinski definition) is 4. The van der Waals surface area contributed by atoms with Gasteiger partial charge in [-0.25, -0.2) is 4.79 Å². The summed E-state index contributed by atoms with van der Waals surface area (Å²) in [6, 6.07) is 27.6. The summed E-state index contributed by atoms with van der Waals surface area (Å²) in [7, 11) is 0. The lowest BCUT2D eigenvalue weighted by atomic mass is 9.88. The lowest BCUT2D eigenvalue weighted by molar-refractivity contribution is 0.0525. The number of rotatable bonds is 8. The highest BCUT2D eigenvalue weighted by Gasteiger charge is 2.22. The normalized spacial score (nSPS) is 14.5. The maximum atomic E-state index is 12.3. The van der Waals surface area contributed by atoms with E-state index in [0.717, 1.165) is 50.4 Å². The first kappa shape index (κ1) is 23.1. The average molecular weight is 443 g/mol. The van der Waals surface area contributed by atoms with Gasteiger partial charge in [0.1, 0.15) is 0 Å². The van der Waals surface area contributed by atoms with E-state index in [9.17, 15) is 4.79 Å². The van der Waals surface area contributed by atoms with E-state index >= 15 is 0 Å². The first-order valence-corrected chi connectivity index (χ1v) is 12.0. The largest absolute Gasteiger partial charge is 0.462 e. The lowest BCUT2D eigenvalue weighted by Crippen LogP contribution is -2.47. The fraction of sp³-hybridized carbons (Fsp3) is 0.345. The summed E-state index contributed by atoms with van der Waals surface area (Å²) in [5.41, 5.74) is 5.59. The SMILES string of the molecule is CCOC(=O)c1cccc(N2CCN(CCC(c3ccccc3)c3ccccc3)CC2)c1C. The highest BCUT2D eigenvalue weighted by molar-refractivity contribution is 5.92. The summed E-state index contributed by atoms with van der Waals surface area (Å²) < 4.78 is 5.23. The van der Waals surface area contributed by atoms with Crippen LogP contribution in [-0.2, 0) is 4.74 Å². The monoisotopic (exact) mass is 442 g/mol. The second kappa shape index (κ2) is 11.2. The molecular formula is C29H34N2O2. The Bertz CT molecular complexity index is 989. The summed E-state index contributed by atoms with van der Waals surface area (Å²) in [5.74, 6) is 0.178. The Balaban J connectivity index is 1.38. The molecule has 0 radical (unpaired) electrons. The van der Waals surface area contributed by atoms with Crippen LogP contribution in [0.25, 0.3) is 0 Å². The molecule has 0 bridgehead atoms. The number of nitrogens with zero attached hydrogens (tertiary/aromatic N) is 2. The van der Waals surface area contributed by atoms with Crippen molar-refractivity contribution in [2.24, 2.45) is 0 Å². The number of ether oxygens (including phenoxy) is 1. The van der Waals surface area contributed by atoms with Crippen molar-refractivity contribution >= 4 is 11.7 Å². The molecule has 3 aromatic carbocycles. The van der Waals surface area contributed by atoms with Gasteiger partial charge in [0.05, 0.1) is 12.2 Å². The van der Waals surface area contributed by atoms with Crippen molar-refractivity contribution in [3.8, 4) is 0 Å². The molecule has 0 atom stereocenters. The third-order valence-electron chi connectivity index (χ3n) is 6.65. The maximum Gasteiger partial charge on any atom is 0.338 e. The topological polar surface area (TPSA) is 32.8 Å². The molecule has 1 fully saturated rings. The molecular weight excluding hydrogens is 408 g/mol. The van der Waals surface area contributed by atoms with E-state index in [1.807, 2.05) is 26.0 Å². The Kier molecular flexibility index (Phi) is 7.79. The van der Waals surface area contributed by atoms with Crippen LogP contribution in [0.1, 0.15) is 46.3 Å². The number of carbonyl (C=O) groups is 1.